The summed E-state index contributed by atoms with van der Waals surface area (Å²) in [5.41, 5.74) is 3.28. The van der Waals surface area contributed by atoms with Crippen molar-refractivity contribution in [1.29, 1.82) is 0 Å². The fourth-order valence-electron chi connectivity index (χ4n) is 3.87. The van der Waals surface area contributed by atoms with E-state index in [1.807, 2.05) is 24.3 Å². The average molecular weight is 507 g/mol. The Bertz CT molecular complexity index is 982. The summed E-state index contributed by atoms with van der Waals surface area (Å²) >= 11 is 3.38. The van der Waals surface area contributed by atoms with E-state index >= 15 is 0 Å². The zero-order valence-electron chi connectivity index (χ0n) is 18.2. The maximum absolute atomic E-state index is 12.7. The standard InChI is InChI=1S/C24H31BrN2O3S/c1-18(2)21-8-6-19(7-9-21)10-13-26-24(28)22-11-14-27(15-12-22)31(29,30)17-20-4-3-5-23(25)16-20/h3-9,16,18,22H,10-15,17H2,1-2H3,(H,26,28). The van der Waals surface area contributed by atoms with Crippen molar-refractivity contribution < 1.29 is 13.2 Å². The molecule has 31 heavy (non-hydrogen) atoms. The van der Waals surface area contributed by atoms with Crippen LogP contribution in [0.25, 0.3) is 0 Å². The second kappa shape index (κ2) is 10.7. The van der Waals surface area contributed by atoms with Gasteiger partial charge >= 0.3 is 0 Å². The first-order chi connectivity index (χ1) is 14.7. The first-order valence-corrected chi connectivity index (χ1v) is 13.2. The molecule has 0 saturated carbocycles. The topological polar surface area (TPSA) is 66.5 Å². The van der Waals surface area contributed by atoms with E-state index in [0.717, 1.165) is 16.5 Å². The van der Waals surface area contributed by atoms with E-state index in [9.17, 15) is 13.2 Å². The predicted octanol–water partition coefficient (Wildman–Crippen LogP) is 4.47. The molecular formula is C24H31BrN2O3S. The van der Waals surface area contributed by atoms with Gasteiger partial charge in [0, 0.05) is 30.0 Å². The third-order valence-electron chi connectivity index (χ3n) is 5.82. The molecule has 1 N–H and O–H groups in total. The summed E-state index contributed by atoms with van der Waals surface area (Å²) in [5, 5.41) is 3.03. The smallest absolute Gasteiger partial charge is 0.223 e. The minimum atomic E-state index is -3.38. The average Bonchev–Trinajstić information content (AvgIpc) is 2.74. The highest BCUT2D eigenvalue weighted by Crippen LogP contribution is 2.23. The summed E-state index contributed by atoms with van der Waals surface area (Å²) in [6, 6.07) is 15.9. The molecule has 0 spiro atoms. The lowest BCUT2D eigenvalue weighted by Crippen LogP contribution is -2.43. The van der Waals surface area contributed by atoms with Gasteiger partial charge in [0.15, 0.2) is 0 Å². The number of halogens is 1. The van der Waals surface area contributed by atoms with Crippen LogP contribution in [0.4, 0.5) is 0 Å². The summed E-state index contributed by atoms with van der Waals surface area (Å²) in [7, 11) is -3.38. The Hall–Kier alpha value is -1.70. The van der Waals surface area contributed by atoms with Crippen LogP contribution in [0.2, 0.25) is 0 Å². The Morgan fingerprint density at radius 2 is 1.77 bits per heavy atom. The van der Waals surface area contributed by atoms with E-state index < -0.39 is 10.0 Å². The Morgan fingerprint density at radius 3 is 2.39 bits per heavy atom. The molecule has 7 heteroatoms. The molecule has 1 aliphatic heterocycles. The van der Waals surface area contributed by atoms with E-state index in [2.05, 4.69) is 59.4 Å². The molecule has 2 aromatic rings. The van der Waals surface area contributed by atoms with Crippen LogP contribution in [-0.2, 0) is 27.0 Å². The summed E-state index contributed by atoms with van der Waals surface area (Å²) < 4.78 is 27.9. The number of hydrogen-bond donors (Lipinski definition) is 1. The number of carbonyl (C=O) groups is 1. The van der Waals surface area contributed by atoms with E-state index in [4.69, 9.17) is 0 Å². The lowest BCUT2D eigenvalue weighted by Gasteiger charge is -2.30. The molecule has 3 rings (SSSR count). The van der Waals surface area contributed by atoms with Crippen LogP contribution in [-0.4, -0.2) is 38.3 Å². The second-order valence-corrected chi connectivity index (χ2v) is 11.4. The first-order valence-electron chi connectivity index (χ1n) is 10.8. The number of rotatable bonds is 8. The quantitative estimate of drug-likeness (QED) is 0.574. The molecule has 5 nitrogen and oxygen atoms in total. The van der Waals surface area contributed by atoms with E-state index in [1.165, 1.54) is 15.4 Å². The molecular weight excluding hydrogens is 476 g/mol. The number of nitrogens with one attached hydrogen (secondary N) is 1. The van der Waals surface area contributed by atoms with Crippen molar-refractivity contribution in [2.45, 2.75) is 44.8 Å². The van der Waals surface area contributed by atoms with Gasteiger partial charge in [-0.05, 0) is 54.0 Å². The summed E-state index contributed by atoms with van der Waals surface area (Å²) in [6.07, 6.45) is 1.92. The molecule has 1 fully saturated rings. The van der Waals surface area contributed by atoms with Crippen molar-refractivity contribution in [3.8, 4) is 0 Å². The van der Waals surface area contributed by atoms with Crippen molar-refractivity contribution in [3.05, 3.63) is 69.7 Å². The molecule has 0 bridgehead atoms. The van der Waals surface area contributed by atoms with Crippen LogP contribution in [0.3, 0.4) is 0 Å². The van der Waals surface area contributed by atoms with Crippen LogP contribution in [0.5, 0.6) is 0 Å². The van der Waals surface area contributed by atoms with Gasteiger partial charge < -0.3 is 5.32 Å². The van der Waals surface area contributed by atoms with Crippen molar-refractivity contribution in [1.82, 2.24) is 9.62 Å². The molecule has 2 aromatic carbocycles. The molecule has 0 aliphatic carbocycles. The van der Waals surface area contributed by atoms with Gasteiger partial charge in [-0.25, -0.2) is 12.7 Å². The molecule has 0 radical (unpaired) electrons. The number of benzene rings is 2. The summed E-state index contributed by atoms with van der Waals surface area (Å²) in [5.74, 6) is 0.403. The largest absolute Gasteiger partial charge is 0.356 e. The molecule has 168 valence electrons. The van der Waals surface area contributed by atoms with Crippen molar-refractivity contribution >= 4 is 31.9 Å². The molecule has 0 atom stereocenters. The number of amides is 1. The molecule has 0 unspecified atom stereocenters. The predicted molar refractivity (Wildman–Crippen MR) is 128 cm³/mol. The summed E-state index contributed by atoms with van der Waals surface area (Å²) in [6.45, 7) is 5.73. The molecule has 1 aliphatic rings. The zero-order valence-corrected chi connectivity index (χ0v) is 20.6. The number of carbonyl (C=O) groups excluding carboxylic acids is 1. The van der Waals surface area contributed by atoms with Gasteiger partial charge in [0.2, 0.25) is 15.9 Å². The third-order valence-corrected chi connectivity index (χ3v) is 8.16. The van der Waals surface area contributed by atoms with Crippen LogP contribution in [0, 0.1) is 5.92 Å². The van der Waals surface area contributed by atoms with E-state index in [0.29, 0.717) is 38.4 Å². The van der Waals surface area contributed by atoms with E-state index in [1.54, 1.807) is 0 Å². The minimum Gasteiger partial charge on any atom is -0.356 e. The zero-order chi connectivity index (χ0) is 22.4. The van der Waals surface area contributed by atoms with Gasteiger partial charge in [-0.15, -0.1) is 0 Å². The highest BCUT2D eigenvalue weighted by Gasteiger charge is 2.31. The maximum Gasteiger partial charge on any atom is 0.223 e. The molecule has 0 aromatic heterocycles. The van der Waals surface area contributed by atoms with Gasteiger partial charge in [0.25, 0.3) is 0 Å². The van der Waals surface area contributed by atoms with Gasteiger partial charge in [0.05, 0.1) is 5.75 Å². The van der Waals surface area contributed by atoms with Gasteiger partial charge in [-0.2, -0.15) is 0 Å². The van der Waals surface area contributed by atoms with Crippen LogP contribution in [0.15, 0.2) is 53.0 Å². The lowest BCUT2D eigenvalue weighted by molar-refractivity contribution is -0.126. The Kier molecular flexibility index (Phi) is 8.30. The monoisotopic (exact) mass is 506 g/mol. The highest BCUT2D eigenvalue weighted by molar-refractivity contribution is 9.10. The van der Waals surface area contributed by atoms with Gasteiger partial charge in [-0.1, -0.05) is 66.2 Å². The van der Waals surface area contributed by atoms with Crippen molar-refractivity contribution in [3.63, 3.8) is 0 Å². The minimum absolute atomic E-state index is 0.0150. The Balaban J connectivity index is 1.43. The van der Waals surface area contributed by atoms with Gasteiger partial charge in [0.1, 0.15) is 0 Å². The fourth-order valence-corrected chi connectivity index (χ4v) is 5.87. The molecule has 1 amide bonds. The number of piperidine rings is 1. The lowest BCUT2D eigenvalue weighted by atomic mass is 9.97. The number of sulfonamides is 1. The third kappa shape index (κ3) is 6.89. The molecule has 1 saturated heterocycles. The van der Waals surface area contributed by atoms with Gasteiger partial charge in [-0.3, -0.25) is 4.79 Å². The van der Waals surface area contributed by atoms with E-state index in [-0.39, 0.29) is 17.6 Å². The van der Waals surface area contributed by atoms with Crippen molar-refractivity contribution in [2.75, 3.05) is 19.6 Å². The Morgan fingerprint density at radius 1 is 1.10 bits per heavy atom. The second-order valence-electron chi connectivity index (χ2n) is 8.50. The number of nitrogens with zero attached hydrogens (tertiary/aromatic N) is 1. The fraction of sp³-hybridized carbons (Fsp3) is 0.458. The SMILES string of the molecule is CC(C)c1ccc(CCNC(=O)C2CCN(S(=O)(=O)Cc3cccc(Br)c3)CC2)cc1. The number of hydrogen-bond acceptors (Lipinski definition) is 3. The van der Waals surface area contributed by atoms with Crippen LogP contribution in [0.1, 0.15) is 49.3 Å². The first kappa shape index (κ1) is 24.0. The van der Waals surface area contributed by atoms with Crippen LogP contribution < -0.4 is 5.32 Å². The normalized spacial score (nSPS) is 15.9. The van der Waals surface area contributed by atoms with Crippen LogP contribution >= 0.6 is 15.9 Å². The highest BCUT2D eigenvalue weighted by atomic mass is 79.9. The molecule has 1 heterocycles. The Labute approximate surface area is 194 Å². The van der Waals surface area contributed by atoms with Crippen molar-refractivity contribution in [2.24, 2.45) is 5.92 Å². The summed E-state index contributed by atoms with van der Waals surface area (Å²) in [4.78, 5) is 12.5. The maximum atomic E-state index is 12.7.